The lowest BCUT2D eigenvalue weighted by molar-refractivity contribution is -0.154. The monoisotopic (exact) mass is 320 g/mol. The summed E-state index contributed by atoms with van der Waals surface area (Å²) in [6, 6.07) is 0. The molecule has 1 unspecified atom stereocenters. The van der Waals surface area contributed by atoms with Gasteiger partial charge in [-0.25, -0.2) is 0 Å². The maximum atomic E-state index is 12.0. The summed E-state index contributed by atoms with van der Waals surface area (Å²) in [4.78, 5) is 12.0. The number of carbonyl (C=O) groups excluding carboxylic acids is 1. The van der Waals surface area contributed by atoms with Crippen LogP contribution < -0.4 is 0 Å². The van der Waals surface area contributed by atoms with Crippen molar-refractivity contribution in [2.45, 2.75) is 80.6 Å². The molecule has 1 saturated carbocycles. The van der Waals surface area contributed by atoms with Crippen LogP contribution in [0.1, 0.15) is 80.6 Å². The highest BCUT2D eigenvalue weighted by Gasteiger charge is 2.51. The lowest BCUT2D eigenvalue weighted by atomic mass is 9.48. The first-order chi connectivity index (χ1) is 10.5. The van der Waals surface area contributed by atoms with Crippen molar-refractivity contribution in [3.8, 4) is 0 Å². The number of ether oxygens (including phenoxy) is 1. The van der Waals surface area contributed by atoms with Gasteiger partial charge in [-0.15, -0.1) is 0 Å². The fourth-order valence-electron chi connectivity index (χ4n) is 5.18. The van der Waals surface area contributed by atoms with Gasteiger partial charge in [0.25, 0.3) is 0 Å². The van der Waals surface area contributed by atoms with E-state index >= 15 is 0 Å². The van der Waals surface area contributed by atoms with Gasteiger partial charge >= 0.3 is 5.97 Å². The Morgan fingerprint density at radius 1 is 1.26 bits per heavy atom. The van der Waals surface area contributed by atoms with Crippen molar-refractivity contribution in [2.24, 2.45) is 28.1 Å². The standard InChI is InChI=1S/C21H36O2/c1-15-9-10-17-20(5,6)12-8-13-21(17,7)16(15)11-14-23-18(22)19(2,3)4/h9,16-17H,8,10-14H2,1-7H3/t16-,17?,21+/m0/s1. The predicted molar refractivity (Wildman–Crippen MR) is 96.1 cm³/mol. The van der Waals surface area contributed by atoms with Gasteiger partial charge in [-0.3, -0.25) is 4.79 Å². The van der Waals surface area contributed by atoms with Crippen LogP contribution in [0.15, 0.2) is 11.6 Å². The summed E-state index contributed by atoms with van der Waals surface area (Å²) in [6.07, 6.45) is 8.61. The summed E-state index contributed by atoms with van der Waals surface area (Å²) >= 11 is 0. The van der Waals surface area contributed by atoms with Crippen molar-refractivity contribution in [1.29, 1.82) is 0 Å². The van der Waals surface area contributed by atoms with Crippen molar-refractivity contribution >= 4 is 5.97 Å². The molecular formula is C21H36O2. The van der Waals surface area contributed by atoms with Gasteiger partial charge in [0.05, 0.1) is 12.0 Å². The molecule has 0 spiro atoms. The average Bonchev–Trinajstić information content (AvgIpc) is 2.39. The van der Waals surface area contributed by atoms with E-state index in [4.69, 9.17) is 4.74 Å². The third-order valence-corrected chi connectivity index (χ3v) is 6.55. The minimum Gasteiger partial charge on any atom is -0.465 e. The summed E-state index contributed by atoms with van der Waals surface area (Å²) < 4.78 is 5.57. The molecule has 132 valence electrons. The molecule has 0 N–H and O–H groups in total. The second-order valence-electron chi connectivity index (χ2n) is 9.81. The summed E-state index contributed by atoms with van der Waals surface area (Å²) in [5, 5.41) is 0. The Bertz CT molecular complexity index is 481. The number of carbonyl (C=O) groups is 1. The lowest BCUT2D eigenvalue weighted by Gasteiger charge is -2.57. The number of hydrogen-bond acceptors (Lipinski definition) is 2. The molecule has 0 radical (unpaired) electrons. The molecule has 0 aromatic carbocycles. The van der Waals surface area contributed by atoms with Crippen molar-refractivity contribution in [3.63, 3.8) is 0 Å². The van der Waals surface area contributed by atoms with Crippen LogP contribution in [0.3, 0.4) is 0 Å². The highest BCUT2D eigenvalue weighted by atomic mass is 16.5. The molecule has 23 heavy (non-hydrogen) atoms. The quantitative estimate of drug-likeness (QED) is 0.488. The third kappa shape index (κ3) is 3.67. The molecule has 0 aromatic rings. The van der Waals surface area contributed by atoms with Gasteiger partial charge in [-0.05, 0) is 76.0 Å². The molecule has 0 saturated heterocycles. The molecule has 2 heteroatoms. The summed E-state index contributed by atoms with van der Waals surface area (Å²) in [5.74, 6) is 1.21. The maximum absolute atomic E-state index is 12.0. The van der Waals surface area contributed by atoms with Crippen LogP contribution in [0.4, 0.5) is 0 Å². The summed E-state index contributed by atoms with van der Waals surface area (Å²) in [7, 11) is 0. The second-order valence-corrected chi connectivity index (χ2v) is 9.81. The van der Waals surface area contributed by atoms with Gasteiger partial charge in [0.2, 0.25) is 0 Å². The van der Waals surface area contributed by atoms with Gasteiger partial charge in [0, 0.05) is 0 Å². The molecule has 0 amide bonds. The first-order valence-corrected chi connectivity index (χ1v) is 9.32. The molecule has 2 rings (SSSR count). The van der Waals surface area contributed by atoms with Crippen LogP contribution in [-0.2, 0) is 9.53 Å². The fourth-order valence-corrected chi connectivity index (χ4v) is 5.18. The van der Waals surface area contributed by atoms with Crippen LogP contribution in [0.5, 0.6) is 0 Å². The van der Waals surface area contributed by atoms with E-state index in [0.29, 0.717) is 23.4 Å². The number of rotatable bonds is 3. The fraction of sp³-hybridized carbons (Fsp3) is 0.857. The maximum Gasteiger partial charge on any atom is 0.311 e. The second kappa shape index (κ2) is 6.26. The Hall–Kier alpha value is -0.790. The first-order valence-electron chi connectivity index (χ1n) is 9.32. The summed E-state index contributed by atoms with van der Waals surface area (Å²) in [6.45, 7) is 16.0. The van der Waals surface area contributed by atoms with Gasteiger partial charge in [-0.1, -0.05) is 38.8 Å². The zero-order valence-electron chi connectivity index (χ0n) is 16.3. The Balaban J connectivity index is 2.09. The highest BCUT2D eigenvalue weighted by molar-refractivity contribution is 5.75. The van der Waals surface area contributed by atoms with E-state index in [0.717, 1.165) is 12.3 Å². The van der Waals surface area contributed by atoms with Crippen LogP contribution in [0.2, 0.25) is 0 Å². The average molecular weight is 321 g/mol. The number of hydrogen-bond donors (Lipinski definition) is 0. The Kier molecular flexibility index (Phi) is 5.05. The zero-order valence-corrected chi connectivity index (χ0v) is 16.3. The largest absolute Gasteiger partial charge is 0.465 e. The predicted octanol–water partition coefficient (Wildman–Crippen LogP) is 5.76. The normalized spacial score (nSPS) is 33.6. The van der Waals surface area contributed by atoms with Crippen molar-refractivity contribution in [3.05, 3.63) is 11.6 Å². The van der Waals surface area contributed by atoms with Crippen LogP contribution in [0, 0.1) is 28.1 Å². The molecule has 0 bridgehead atoms. The number of allylic oxidation sites excluding steroid dienone is 2. The molecule has 0 heterocycles. The van der Waals surface area contributed by atoms with Gasteiger partial charge in [0.1, 0.15) is 0 Å². The number of fused-ring (bicyclic) bond motifs is 1. The van der Waals surface area contributed by atoms with Gasteiger partial charge < -0.3 is 4.74 Å². The van der Waals surface area contributed by atoms with E-state index < -0.39 is 5.41 Å². The highest BCUT2D eigenvalue weighted by Crippen LogP contribution is 2.60. The smallest absolute Gasteiger partial charge is 0.311 e. The van der Waals surface area contributed by atoms with Gasteiger partial charge in [0.15, 0.2) is 0 Å². The number of esters is 1. The molecule has 1 fully saturated rings. The van der Waals surface area contributed by atoms with Crippen LogP contribution in [0.25, 0.3) is 0 Å². The first kappa shape index (κ1) is 18.5. The molecule has 0 aliphatic heterocycles. The van der Waals surface area contributed by atoms with E-state index in [2.05, 4.69) is 33.8 Å². The third-order valence-electron chi connectivity index (χ3n) is 6.55. The molecule has 2 aliphatic rings. The van der Waals surface area contributed by atoms with E-state index in [-0.39, 0.29) is 5.97 Å². The molecule has 0 aromatic heterocycles. The molecule has 3 atom stereocenters. The Morgan fingerprint density at radius 3 is 2.52 bits per heavy atom. The van der Waals surface area contributed by atoms with E-state index in [1.54, 1.807) is 0 Å². The Morgan fingerprint density at radius 2 is 1.91 bits per heavy atom. The lowest BCUT2D eigenvalue weighted by Crippen LogP contribution is -2.48. The van der Waals surface area contributed by atoms with Crippen molar-refractivity contribution in [2.75, 3.05) is 6.61 Å². The molecule has 2 aliphatic carbocycles. The van der Waals surface area contributed by atoms with Crippen molar-refractivity contribution < 1.29 is 9.53 Å². The zero-order chi connectivity index (χ0) is 17.5. The molecular weight excluding hydrogens is 284 g/mol. The minimum absolute atomic E-state index is 0.0828. The topological polar surface area (TPSA) is 26.3 Å². The summed E-state index contributed by atoms with van der Waals surface area (Å²) in [5.41, 5.74) is 1.88. The van der Waals surface area contributed by atoms with Crippen LogP contribution >= 0.6 is 0 Å². The minimum atomic E-state index is -0.406. The van der Waals surface area contributed by atoms with Gasteiger partial charge in [-0.2, -0.15) is 0 Å². The van der Waals surface area contributed by atoms with E-state index in [1.807, 2.05) is 20.8 Å². The molecule has 2 nitrogen and oxygen atoms in total. The van der Waals surface area contributed by atoms with Crippen LogP contribution in [-0.4, -0.2) is 12.6 Å². The van der Waals surface area contributed by atoms with E-state index in [9.17, 15) is 4.79 Å². The SMILES string of the molecule is CC1=CCC2C(C)(C)CCC[C@]2(C)[C@H]1CCOC(=O)C(C)(C)C. The Labute approximate surface area is 143 Å². The van der Waals surface area contributed by atoms with Crippen molar-refractivity contribution in [1.82, 2.24) is 0 Å². The van der Waals surface area contributed by atoms with E-state index in [1.165, 1.54) is 31.3 Å².